The van der Waals surface area contributed by atoms with Crippen molar-refractivity contribution in [2.24, 2.45) is 0 Å². The molecule has 0 saturated carbocycles. The van der Waals surface area contributed by atoms with Gasteiger partial charge in [0.05, 0.1) is 7.11 Å². The van der Waals surface area contributed by atoms with Crippen LogP contribution in [0, 0.1) is 0 Å². The van der Waals surface area contributed by atoms with E-state index in [9.17, 15) is 0 Å². The molecule has 0 aliphatic carbocycles. The lowest BCUT2D eigenvalue weighted by Crippen LogP contribution is -2.80. The number of methoxy groups -OCH3 is 1. The highest BCUT2D eigenvalue weighted by atomic mass is 35.5. The first-order valence-corrected chi connectivity index (χ1v) is 6.35. The van der Waals surface area contributed by atoms with Gasteiger partial charge in [-0.15, -0.1) is 0 Å². The largest absolute Gasteiger partial charge is 0.497 e. The molecule has 2 N–H and O–H groups in total. The summed E-state index contributed by atoms with van der Waals surface area (Å²) in [7, 11) is 1.68. The summed E-state index contributed by atoms with van der Waals surface area (Å²) < 4.78 is 5.13. The summed E-state index contributed by atoms with van der Waals surface area (Å²) >= 11 is 5.95. The highest BCUT2D eigenvalue weighted by Gasteiger charge is 1.99. The van der Waals surface area contributed by atoms with Crippen LogP contribution in [0.3, 0.4) is 0 Å². The third-order valence-electron chi connectivity index (χ3n) is 2.81. The fourth-order valence-corrected chi connectivity index (χ4v) is 2.04. The van der Waals surface area contributed by atoms with Crippen molar-refractivity contribution >= 4 is 11.6 Å². The summed E-state index contributed by atoms with van der Waals surface area (Å²) in [4.78, 5) is 0. The van der Waals surface area contributed by atoms with Crippen LogP contribution in [-0.4, -0.2) is 7.11 Å². The van der Waals surface area contributed by atoms with E-state index in [1.807, 2.05) is 30.3 Å². The predicted octanol–water partition coefficient (Wildman–Crippen LogP) is 2.61. The number of hydrogen-bond donors (Lipinski definition) is 1. The summed E-state index contributed by atoms with van der Waals surface area (Å²) in [6.07, 6.45) is 0. The first-order valence-electron chi connectivity index (χ1n) is 5.97. The van der Waals surface area contributed by atoms with E-state index in [1.54, 1.807) is 7.11 Å². The summed E-state index contributed by atoms with van der Waals surface area (Å²) in [5, 5.41) is 3.05. The van der Waals surface area contributed by atoms with Gasteiger partial charge in [-0.3, -0.25) is 0 Å². The Morgan fingerprint density at radius 2 is 1.72 bits per heavy atom. The van der Waals surface area contributed by atoms with Crippen molar-refractivity contribution in [3.63, 3.8) is 0 Å². The van der Waals surface area contributed by atoms with Crippen LogP contribution in [-0.2, 0) is 13.1 Å². The summed E-state index contributed by atoms with van der Waals surface area (Å²) in [6.45, 7) is 1.89. The quantitative estimate of drug-likeness (QED) is 0.881. The van der Waals surface area contributed by atoms with Crippen molar-refractivity contribution in [2.45, 2.75) is 13.1 Å². The molecule has 2 nitrogen and oxygen atoms in total. The number of nitrogens with two attached hydrogens (primary N) is 1. The maximum absolute atomic E-state index is 5.95. The molecule has 0 unspecified atom stereocenters. The second kappa shape index (κ2) is 6.43. The van der Waals surface area contributed by atoms with Crippen molar-refractivity contribution in [2.75, 3.05) is 7.11 Å². The number of ether oxygens (including phenoxy) is 1. The lowest BCUT2D eigenvalue weighted by atomic mass is 10.2. The molecule has 0 atom stereocenters. The third kappa shape index (κ3) is 3.76. The van der Waals surface area contributed by atoms with Gasteiger partial charge in [-0.05, 0) is 36.4 Å². The maximum Gasteiger partial charge on any atom is 0.118 e. The number of rotatable bonds is 5. The van der Waals surface area contributed by atoms with Crippen LogP contribution in [0.25, 0.3) is 0 Å². The minimum absolute atomic E-state index is 0.797. The van der Waals surface area contributed by atoms with Crippen LogP contribution < -0.4 is 10.1 Å². The maximum atomic E-state index is 5.95. The number of hydrogen-bond acceptors (Lipinski definition) is 1. The first kappa shape index (κ1) is 12.9. The molecule has 18 heavy (non-hydrogen) atoms. The van der Waals surface area contributed by atoms with Crippen LogP contribution in [0.5, 0.6) is 5.75 Å². The van der Waals surface area contributed by atoms with Gasteiger partial charge in [-0.1, -0.05) is 23.7 Å². The normalized spacial score (nSPS) is 10.3. The molecule has 0 bridgehead atoms. The average Bonchev–Trinajstić information content (AvgIpc) is 2.40. The monoisotopic (exact) mass is 262 g/mol. The third-order valence-corrected chi connectivity index (χ3v) is 3.04. The van der Waals surface area contributed by atoms with Crippen LogP contribution in [0.1, 0.15) is 11.1 Å². The van der Waals surface area contributed by atoms with E-state index in [0.29, 0.717) is 0 Å². The first-order chi connectivity index (χ1) is 8.78. The molecule has 2 rings (SSSR count). The molecular weight excluding hydrogens is 246 g/mol. The van der Waals surface area contributed by atoms with Crippen molar-refractivity contribution < 1.29 is 10.1 Å². The fourth-order valence-electron chi connectivity index (χ4n) is 1.83. The van der Waals surface area contributed by atoms with Gasteiger partial charge >= 0.3 is 0 Å². The zero-order valence-corrected chi connectivity index (χ0v) is 11.2. The van der Waals surface area contributed by atoms with Gasteiger partial charge in [-0.2, -0.15) is 0 Å². The molecule has 0 aromatic heterocycles. The second-order valence-corrected chi connectivity index (χ2v) is 4.61. The van der Waals surface area contributed by atoms with Gasteiger partial charge in [0.1, 0.15) is 18.8 Å². The Morgan fingerprint density at radius 1 is 1.00 bits per heavy atom. The van der Waals surface area contributed by atoms with Crippen LogP contribution in [0.15, 0.2) is 48.5 Å². The van der Waals surface area contributed by atoms with E-state index in [2.05, 4.69) is 23.5 Å². The Morgan fingerprint density at radius 3 is 2.39 bits per heavy atom. The minimum Gasteiger partial charge on any atom is -0.497 e. The predicted molar refractivity (Wildman–Crippen MR) is 73.8 cm³/mol. The zero-order valence-electron chi connectivity index (χ0n) is 10.4. The molecule has 3 heteroatoms. The van der Waals surface area contributed by atoms with E-state index in [0.717, 1.165) is 23.9 Å². The molecular formula is C15H17ClNO+. The van der Waals surface area contributed by atoms with E-state index in [-0.39, 0.29) is 0 Å². The molecule has 0 saturated heterocycles. The Bertz CT molecular complexity index is 496. The SMILES string of the molecule is COc1ccc(C[NH2+]Cc2cccc(Cl)c2)cc1. The molecule has 94 valence electrons. The van der Waals surface area contributed by atoms with Gasteiger partial charge in [0, 0.05) is 16.1 Å². The van der Waals surface area contributed by atoms with Crippen molar-refractivity contribution in [3.8, 4) is 5.75 Å². The standard InChI is InChI=1S/C15H16ClNO/c1-18-15-7-5-12(6-8-15)10-17-11-13-3-2-4-14(16)9-13/h2-9,17H,10-11H2,1H3/p+1. The smallest absolute Gasteiger partial charge is 0.118 e. The summed E-state index contributed by atoms with van der Waals surface area (Å²) in [6, 6.07) is 16.1. The molecule has 0 aliphatic heterocycles. The number of quaternary nitrogens is 1. The topological polar surface area (TPSA) is 25.8 Å². The highest BCUT2D eigenvalue weighted by molar-refractivity contribution is 6.30. The van der Waals surface area contributed by atoms with Gasteiger partial charge in [0.25, 0.3) is 0 Å². The molecule has 2 aromatic carbocycles. The molecule has 0 aliphatic rings. The van der Waals surface area contributed by atoms with Crippen LogP contribution in [0.2, 0.25) is 5.02 Å². The molecule has 0 heterocycles. The van der Waals surface area contributed by atoms with E-state index < -0.39 is 0 Å². The van der Waals surface area contributed by atoms with Crippen LogP contribution >= 0.6 is 11.6 Å². The zero-order chi connectivity index (χ0) is 12.8. The minimum atomic E-state index is 0.797. The van der Waals surface area contributed by atoms with Crippen molar-refractivity contribution in [3.05, 3.63) is 64.7 Å². The van der Waals surface area contributed by atoms with E-state index in [4.69, 9.17) is 16.3 Å². The Balaban J connectivity index is 1.84. The number of halogens is 1. The van der Waals surface area contributed by atoms with E-state index >= 15 is 0 Å². The summed E-state index contributed by atoms with van der Waals surface area (Å²) in [5.74, 6) is 0.897. The van der Waals surface area contributed by atoms with Gasteiger partial charge in [0.2, 0.25) is 0 Å². The van der Waals surface area contributed by atoms with Crippen molar-refractivity contribution in [1.29, 1.82) is 0 Å². The highest BCUT2D eigenvalue weighted by Crippen LogP contribution is 2.11. The Labute approximate surface area is 113 Å². The van der Waals surface area contributed by atoms with E-state index in [1.165, 1.54) is 11.1 Å². The fraction of sp³-hybridized carbons (Fsp3) is 0.200. The second-order valence-electron chi connectivity index (χ2n) is 4.17. The van der Waals surface area contributed by atoms with Crippen LogP contribution in [0.4, 0.5) is 0 Å². The van der Waals surface area contributed by atoms with Gasteiger partial charge in [0.15, 0.2) is 0 Å². The molecule has 0 radical (unpaired) electrons. The molecule has 2 aromatic rings. The number of benzene rings is 2. The molecule has 0 amide bonds. The lowest BCUT2D eigenvalue weighted by Gasteiger charge is -2.04. The van der Waals surface area contributed by atoms with Crippen molar-refractivity contribution in [1.82, 2.24) is 0 Å². The Kier molecular flexibility index (Phi) is 4.62. The molecule has 0 spiro atoms. The summed E-state index contributed by atoms with van der Waals surface area (Å²) in [5.41, 5.74) is 2.54. The Hall–Kier alpha value is -1.51. The average molecular weight is 263 g/mol. The van der Waals surface area contributed by atoms with Gasteiger partial charge in [-0.25, -0.2) is 0 Å². The lowest BCUT2D eigenvalue weighted by molar-refractivity contribution is -0.686. The van der Waals surface area contributed by atoms with Gasteiger partial charge < -0.3 is 10.1 Å². The molecule has 0 fully saturated rings.